The molecule has 0 saturated heterocycles. The third kappa shape index (κ3) is 2.03. The summed E-state index contributed by atoms with van der Waals surface area (Å²) in [5.74, 6) is 0. The van der Waals surface area contributed by atoms with E-state index in [2.05, 4.69) is 22.0 Å². The molecule has 0 unspecified atom stereocenters. The maximum atomic E-state index is 10.1. The van der Waals surface area contributed by atoms with Crippen molar-refractivity contribution in [3.05, 3.63) is 20.8 Å². The van der Waals surface area contributed by atoms with Crippen LogP contribution >= 0.6 is 27.3 Å². The Morgan fingerprint density at radius 3 is 2.93 bits per heavy atom. The second-order valence-corrected chi connectivity index (χ2v) is 6.12. The van der Waals surface area contributed by atoms with Crippen molar-refractivity contribution in [3.63, 3.8) is 0 Å². The highest BCUT2D eigenvalue weighted by molar-refractivity contribution is 9.11. The van der Waals surface area contributed by atoms with E-state index in [1.807, 2.05) is 5.38 Å². The van der Waals surface area contributed by atoms with E-state index in [-0.39, 0.29) is 6.10 Å². The van der Waals surface area contributed by atoms with Gasteiger partial charge in [0.25, 0.3) is 0 Å². The number of ether oxygens (including phenoxy) is 1. The Balaban J connectivity index is 1.96. The van der Waals surface area contributed by atoms with Crippen LogP contribution < -0.4 is 0 Å². The molecule has 1 N–H and O–H groups in total. The maximum Gasteiger partial charge on any atom is 0.0738 e. The molecular weight excluding hydrogens is 264 g/mol. The Morgan fingerprint density at radius 2 is 2.43 bits per heavy atom. The van der Waals surface area contributed by atoms with Gasteiger partial charge in [-0.3, -0.25) is 0 Å². The quantitative estimate of drug-likeness (QED) is 0.920. The lowest BCUT2D eigenvalue weighted by molar-refractivity contribution is -0.126. The predicted molar refractivity (Wildman–Crippen MR) is 60.7 cm³/mol. The van der Waals surface area contributed by atoms with Crippen LogP contribution in [0.2, 0.25) is 0 Å². The van der Waals surface area contributed by atoms with E-state index < -0.39 is 5.60 Å². The Bertz CT molecular complexity index is 318. The molecule has 1 aromatic rings. The molecule has 4 heteroatoms. The lowest BCUT2D eigenvalue weighted by atomic mass is 9.74. The average molecular weight is 277 g/mol. The minimum absolute atomic E-state index is 0.248. The second-order valence-electron chi connectivity index (χ2n) is 3.89. The Hall–Kier alpha value is 0.100. The molecule has 0 bridgehead atoms. The van der Waals surface area contributed by atoms with Gasteiger partial charge >= 0.3 is 0 Å². The molecule has 0 aliphatic heterocycles. The highest BCUT2D eigenvalue weighted by Crippen LogP contribution is 2.39. The molecule has 1 aliphatic carbocycles. The van der Waals surface area contributed by atoms with E-state index in [0.717, 1.165) is 23.0 Å². The van der Waals surface area contributed by atoms with Crippen molar-refractivity contribution in [2.24, 2.45) is 0 Å². The summed E-state index contributed by atoms with van der Waals surface area (Å²) >= 11 is 5.14. The molecule has 14 heavy (non-hydrogen) atoms. The van der Waals surface area contributed by atoms with Crippen LogP contribution in [0.3, 0.4) is 0 Å². The average Bonchev–Trinajstić information content (AvgIpc) is 2.47. The molecular formula is C10H13BrO2S. The van der Waals surface area contributed by atoms with Crippen molar-refractivity contribution in [1.82, 2.24) is 0 Å². The van der Waals surface area contributed by atoms with Gasteiger partial charge < -0.3 is 9.84 Å². The van der Waals surface area contributed by atoms with E-state index in [4.69, 9.17) is 4.74 Å². The van der Waals surface area contributed by atoms with Gasteiger partial charge in [0.2, 0.25) is 0 Å². The standard InChI is InChI=1S/C10H13BrO2S/c1-13-8-5-10(12,6-8)4-7-2-3-14-9(7)11/h2-3,8,12H,4-6H2,1H3. The number of aliphatic hydroxyl groups is 1. The first-order valence-corrected chi connectivity index (χ1v) is 6.27. The van der Waals surface area contributed by atoms with Crippen LogP contribution in [0.4, 0.5) is 0 Å². The van der Waals surface area contributed by atoms with Gasteiger partial charge in [0.05, 0.1) is 15.5 Å². The largest absolute Gasteiger partial charge is 0.389 e. The van der Waals surface area contributed by atoms with Gasteiger partial charge in [0.1, 0.15) is 0 Å². The molecule has 78 valence electrons. The van der Waals surface area contributed by atoms with E-state index in [1.165, 1.54) is 5.56 Å². The summed E-state index contributed by atoms with van der Waals surface area (Å²) in [5.41, 5.74) is 0.664. The van der Waals surface area contributed by atoms with Gasteiger partial charge in [-0.15, -0.1) is 11.3 Å². The first-order valence-electron chi connectivity index (χ1n) is 4.60. The topological polar surface area (TPSA) is 29.5 Å². The minimum atomic E-state index is -0.537. The highest BCUT2D eigenvalue weighted by Gasteiger charge is 2.43. The number of thiophene rings is 1. The number of methoxy groups -OCH3 is 1. The van der Waals surface area contributed by atoms with Crippen LogP contribution in [-0.2, 0) is 11.2 Å². The minimum Gasteiger partial charge on any atom is -0.389 e. The fourth-order valence-corrected chi connectivity index (χ4v) is 3.14. The number of halogens is 1. The predicted octanol–water partition coefficient (Wildman–Crippen LogP) is 2.59. The fraction of sp³-hybridized carbons (Fsp3) is 0.600. The zero-order chi connectivity index (χ0) is 10.2. The molecule has 1 fully saturated rings. The maximum absolute atomic E-state index is 10.1. The van der Waals surface area contributed by atoms with E-state index in [9.17, 15) is 5.11 Å². The molecule has 1 aromatic heterocycles. The molecule has 0 atom stereocenters. The van der Waals surface area contributed by atoms with Gasteiger partial charge in [-0.2, -0.15) is 0 Å². The van der Waals surface area contributed by atoms with Gasteiger partial charge in [-0.25, -0.2) is 0 Å². The summed E-state index contributed by atoms with van der Waals surface area (Å²) in [6.45, 7) is 0. The first-order chi connectivity index (χ1) is 6.63. The smallest absolute Gasteiger partial charge is 0.0738 e. The summed E-state index contributed by atoms with van der Waals surface area (Å²) in [5, 5.41) is 12.1. The molecule has 2 nitrogen and oxygen atoms in total. The lowest BCUT2D eigenvalue weighted by Gasteiger charge is -2.42. The van der Waals surface area contributed by atoms with Crippen LogP contribution in [0.1, 0.15) is 18.4 Å². The van der Waals surface area contributed by atoms with Crippen molar-refractivity contribution in [2.45, 2.75) is 31.0 Å². The zero-order valence-corrected chi connectivity index (χ0v) is 10.4. The molecule has 1 heterocycles. The normalized spacial score (nSPS) is 31.5. The number of hydrogen-bond acceptors (Lipinski definition) is 3. The molecule has 0 aromatic carbocycles. The van der Waals surface area contributed by atoms with Gasteiger partial charge in [0, 0.05) is 26.4 Å². The molecule has 1 saturated carbocycles. The third-order valence-electron chi connectivity index (χ3n) is 2.76. The fourth-order valence-electron chi connectivity index (χ4n) is 1.90. The number of rotatable bonds is 3. The zero-order valence-electron chi connectivity index (χ0n) is 8.00. The van der Waals surface area contributed by atoms with E-state index in [0.29, 0.717) is 0 Å². The van der Waals surface area contributed by atoms with Crippen molar-refractivity contribution in [2.75, 3.05) is 7.11 Å². The van der Waals surface area contributed by atoms with Crippen molar-refractivity contribution in [3.8, 4) is 0 Å². The highest BCUT2D eigenvalue weighted by atomic mass is 79.9. The van der Waals surface area contributed by atoms with Gasteiger partial charge in [0.15, 0.2) is 0 Å². The summed E-state index contributed by atoms with van der Waals surface area (Å²) in [4.78, 5) is 0. The second kappa shape index (κ2) is 3.93. The molecule has 1 aliphatic rings. The SMILES string of the molecule is COC1CC(O)(Cc2ccsc2Br)C1. The van der Waals surface area contributed by atoms with Crippen LogP contribution in [0, 0.1) is 0 Å². The summed E-state index contributed by atoms with van der Waals surface area (Å²) in [6, 6.07) is 2.06. The van der Waals surface area contributed by atoms with Crippen LogP contribution in [0.25, 0.3) is 0 Å². The molecule has 0 radical (unpaired) electrons. The molecule has 0 amide bonds. The molecule has 0 spiro atoms. The summed E-state index contributed by atoms with van der Waals surface area (Å²) in [6.07, 6.45) is 2.49. The van der Waals surface area contributed by atoms with Crippen LogP contribution in [-0.4, -0.2) is 23.9 Å². The van der Waals surface area contributed by atoms with Crippen LogP contribution in [0.15, 0.2) is 15.2 Å². The van der Waals surface area contributed by atoms with Gasteiger partial charge in [-0.1, -0.05) is 0 Å². The third-order valence-corrected chi connectivity index (χ3v) is 4.57. The Labute approximate surface area is 96.0 Å². The first kappa shape index (κ1) is 10.6. The van der Waals surface area contributed by atoms with Crippen molar-refractivity contribution in [1.29, 1.82) is 0 Å². The van der Waals surface area contributed by atoms with E-state index >= 15 is 0 Å². The van der Waals surface area contributed by atoms with Gasteiger partial charge in [-0.05, 0) is 32.9 Å². The van der Waals surface area contributed by atoms with Crippen LogP contribution in [0.5, 0.6) is 0 Å². The monoisotopic (exact) mass is 276 g/mol. The molecule has 2 rings (SSSR count). The van der Waals surface area contributed by atoms with Crippen molar-refractivity contribution >= 4 is 27.3 Å². The van der Waals surface area contributed by atoms with Crippen molar-refractivity contribution < 1.29 is 9.84 Å². The summed E-state index contributed by atoms with van der Waals surface area (Å²) in [7, 11) is 1.70. The lowest BCUT2D eigenvalue weighted by Crippen LogP contribution is -2.49. The van der Waals surface area contributed by atoms with E-state index in [1.54, 1.807) is 18.4 Å². The number of hydrogen-bond donors (Lipinski definition) is 1. The summed E-state index contributed by atoms with van der Waals surface area (Å²) < 4.78 is 6.29. The Kier molecular flexibility index (Phi) is 2.98. The Morgan fingerprint density at radius 1 is 1.71 bits per heavy atom.